The van der Waals surface area contributed by atoms with Crippen molar-refractivity contribution in [3.63, 3.8) is 0 Å². The molecule has 6 nitrogen and oxygen atoms in total. The monoisotopic (exact) mass is 350 g/mol. The molecule has 0 aromatic carbocycles. The summed E-state index contributed by atoms with van der Waals surface area (Å²) in [5, 5.41) is 0. The van der Waals surface area contributed by atoms with Gasteiger partial charge in [-0.1, -0.05) is 6.92 Å². The number of amides is 1. The summed E-state index contributed by atoms with van der Waals surface area (Å²) >= 11 is 0. The van der Waals surface area contributed by atoms with E-state index in [4.69, 9.17) is 4.74 Å². The van der Waals surface area contributed by atoms with Crippen LogP contribution in [0.3, 0.4) is 0 Å². The van der Waals surface area contributed by atoms with Gasteiger partial charge in [0, 0.05) is 31.3 Å². The second-order valence-corrected chi connectivity index (χ2v) is 7.30. The maximum Gasteiger partial charge on any atom is 0.306 e. The lowest BCUT2D eigenvalue weighted by Gasteiger charge is -2.20. The number of rotatable bonds is 7. The van der Waals surface area contributed by atoms with E-state index < -0.39 is 5.60 Å². The molecule has 1 N–H and O–H groups in total. The molecule has 1 amide bonds. The van der Waals surface area contributed by atoms with Gasteiger partial charge in [0.15, 0.2) is 5.78 Å². The third kappa shape index (κ3) is 5.73. The molecular formula is C19H30N2O4. The van der Waals surface area contributed by atoms with Crippen LogP contribution in [0.1, 0.15) is 79.6 Å². The number of aryl methyl sites for hydroxylation is 1. The second kappa shape index (κ2) is 8.32. The van der Waals surface area contributed by atoms with E-state index in [9.17, 15) is 14.4 Å². The zero-order chi connectivity index (χ0) is 19.4. The van der Waals surface area contributed by atoms with E-state index in [2.05, 4.69) is 4.98 Å². The Morgan fingerprint density at radius 3 is 2.28 bits per heavy atom. The summed E-state index contributed by atoms with van der Waals surface area (Å²) in [5.41, 5.74) is 2.04. The van der Waals surface area contributed by atoms with Crippen LogP contribution < -0.4 is 0 Å². The fraction of sp³-hybridized carbons (Fsp3) is 0.632. The van der Waals surface area contributed by atoms with Gasteiger partial charge in [-0.25, -0.2) is 0 Å². The molecule has 0 saturated heterocycles. The van der Waals surface area contributed by atoms with Crippen LogP contribution >= 0.6 is 0 Å². The van der Waals surface area contributed by atoms with Gasteiger partial charge in [-0.05, 0) is 53.0 Å². The first-order valence-electron chi connectivity index (χ1n) is 8.67. The van der Waals surface area contributed by atoms with E-state index >= 15 is 0 Å². The normalized spacial score (nSPS) is 11.3. The second-order valence-electron chi connectivity index (χ2n) is 7.30. The van der Waals surface area contributed by atoms with Gasteiger partial charge in [-0.15, -0.1) is 0 Å². The summed E-state index contributed by atoms with van der Waals surface area (Å²) in [6.07, 6.45) is 1.39. The Morgan fingerprint density at radius 2 is 1.80 bits per heavy atom. The lowest BCUT2D eigenvalue weighted by Crippen LogP contribution is -2.30. The van der Waals surface area contributed by atoms with Gasteiger partial charge in [0.05, 0.1) is 0 Å². The van der Waals surface area contributed by atoms with Crippen LogP contribution in [-0.2, 0) is 16.0 Å². The number of carbonyl (C=O) groups is 3. The van der Waals surface area contributed by atoms with E-state index in [0.29, 0.717) is 30.6 Å². The Balaban J connectivity index is 2.73. The highest BCUT2D eigenvalue weighted by molar-refractivity contribution is 6.02. The third-order valence-electron chi connectivity index (χ3n) is 3.85. The van der Waals surface area contributed by atoms with Crippen molar-refractivity contribution in [3.8, 4) is 0 Å². The highest BCUT2D eigenvalue weighted by Crippen LogP contribution is 2.21. The molecule has 0 unspecified atom stereocenters. The molecule has 1 aromatic rings. The molecule has 0 spiro atoms. The minimum absolute atomic E-state index is 0.0442. The predicted molar refractivity (Wildman–Crippen MR) is 97.0 cm³/mol. The standard InChI is InChI=1S/C19H30N2O4/c1-8-14-16(13(3)22)12(2)20-17(14)18(24)21(7)11-9-10-15(23)25-19(4,5)6/h20H,8-11H2,1-7H3. The summed E-state index contributed by atoms with van der Waals surface area (Å²) in [7, 11) is 1.69. The van der Waals surface area contributed by atoms with E-state index in [1.54, 1.807) is 18.9 Å². The Labute approximate surface area is 149 Å². The number of aromatic nitrogens is 1. The maximum atomic E-state index is 12.7. The largest absolute Gasteiger partial charge is 0.460 e. The molecule has 25 heavy (non-hydrogen) atoms. The third-order valence-corrected chi connectivity index (χ3v) is 3.85. The molecular weight excluding hydrogens is 320 g/mol. The van der Waals surface area contributed by atoms with E-state index in [-0.39, 0.29) is 24.1 Å². The number of nitrogens with zero attached hydrogens (tertiary/aromatic N) is 1. The number of Topliss-reactive ketones (excluding diaryl/α,β-unsaturated/α-hetero) is 1. The molecule has 140 valence electrons. The van der Waals surface area contributed by atoms with Crippen LogP contribution in [0.25, 0.3) is 0 Å². The van der Waals surface area contributed by atoms with Crippen molar-refractivity contribution in [2.24, 2.45) is 0 Å². The first kappa shape index (κ1) is 20.9. The fourth-order valence-electron chi connectivity index (χ4n) is 2.83. The quantitative estimate of drug-likeness (QED) is 0.604. The lowest BCUT2D eigenvalue weighted by molar-refractivity contribution is -0.154. The Kier molecular flexibility index (Phi) is 6.96. The van der Waals surface area contributed by atoms with E-state index in [1.807, 2.05) is 27.7 Å². The minimum atomic E-state index is -0.500. The maximum absolute atomic E-state index is 12.7. The molecule has 0 saturated carbocycles. The van der Waals surface area contributed by atoms with E-state index in [0.717, 1.165) is 11.3 Å². The van der Waals surface area contributed by atoms with Crippen LogP contribution in [0, 0.1) is 6.92 Å². The van der Waals surface area contributed by atoms with Crippen LogP contribution in [0.2, 0.25) is 0 Å². The average Bonchev–Trinajstić information content (AvgIpc) is 2.80. The van der Waals surface area contributed by atoms with Crippen molar-refractivity contribution in [2.45, 2.75) is 66.4 Å². The van der Waals surface area contributed by atoms with Gasteiger partial charge in [-0.3, -0.25) is 14.4 Å². The molecule has 1 rings (SSSR count). The smallest absolute Gasteiger partial charge is 0.306 e. The van der Waals surface area contributed by atoms with Gasteiger partial charge in [0.2, 0.25) is 0 Å². The van der Waals surface area contributed by atoms with Crippen molar-refractivity contribution in [1.29, 1.82) is 0 Å². The molecule has 0 aliphatic rings. The number of aromatic amines is 1. The molecule has 0 aliphatic carbocycles. The van der Waals surface area contributed by atoms with Gasteiger partial charge in [0.1, 0.15) is 11.3 Å². The Hall–Kier alpha value is -2.11. The number of ketones is 1. The zero-order valence-electron chi connectivity index (χ0n) is 16.4. The first-order chi connectivity index (χ1) is 11.5. The Bertz CT molecular complexity index is 653. The number of carbonyl (C=O) groups excluding carboxylic acids is 3. The summed E-state index contributed by atoms with van der Waals surface area (Å²) in [6, 6.07) is 0. The number of hydrogen-bond acceptors (Lipinski definition) is 4. The van der Waals surface area contributed by atoms with Crippen LogP contribution in [0.4, 0.5) is 0 Å². The van der Waals surface area contributed by atoms with Gasteiger partial charge < -0.3 is 14.6 Å². The fourth-order valence-corrected chi connectivity index (χ4v) is 2.83. The first-order valence-corrected chi connectivity index (χ1v) is 8.67. The SMILES string of the molecule is CCc1c(C(=O)N(C)CCCC(=O)OC(C)(C)C)[nH]c(C)c1C(C)=O. The molecule has 1 aromatic heterocycles. The molecule has 0 atom stereocenters. The van der Waals surface area contributed by atoms with Gasteiger partial charge in [-0.2, -0.15) is 0 Å². The molecule has 0 radical (unpaired) electrons. The topological polar surface area (TPSA) is 79.5 Å². The molecule has 6 heteroatoms. The molecule has 0 aliphatic heterocycles. The molecule has 1 heterocycles. The van der Waals surface area contributed by atoms with Crippen LogP contribution in [0.15, 0.2) is 0 Å². The summed E-state index contributed by atoms with van der Waals surface area (Å²) in [4.78, 5) is 40.9. The zero-order valence-corrected chi connectivity index (χ0v) is 16.4. The number of esters is 1. The van der Waals surface area contributed by atoms with Crippen molar-refractivity contribution in [1.82, 2.24) is 9.88 Å². The average molecular weight is 350 g/mol. The van der Waals surface area contributed by atoms with Crippen molar-refractivity contribution in [2.75, 3.05) is 13.6 Å². The molecule has 0 fully saturated rings. The van der Waals surface area contributed by atoms with Gasteiger partial charge >= 0.3 is 5.97 Å². The number of nitrogens with one attached hydrogen (secondary N) is 1. The highest BCUT2D eigenvalue weighted by Gasteiger charge is 2.24. The lowest BCUT2D eigenvalue weighted by atomic mass is 10.0. The number of hydrogen-bond donors (Lipinski definition) is 1. The number of H-pyrrole nitrogens is 1. The predicted octanol–water partition coefficient (Wildman–Crippen LogP) is 3.28. The Morgan fingerprint density at radius 1 is 1.20 bits per heavy atom. The minimum Gasteiger partial charge on any atom is -0.460 e. The molecule has 0 bridgehead atoms. The van der Waals surface area contributed by atoms with Gasteiger partial charge in [0.25, 0.3) is 5.91 Å². The summed E-state index contributed by atoms with van der Waals surface area (Å²) in [6.45, 7) is 11.2. The van der Waals surface area contributed by atoms with Crippen LogP contribution in [0.5, 0.6) is 0 Å². The van der Waals surface area contributed by atoms with Crippen molar-refractivity contribution in [3.05, 3.63) is 22.5 Å². The number of ether oxygens (including phenoxy) is 1. The summed E-state index contributed by atoms with van der Waals surface area (Å²) in [5.74, 6) is -0.481. The highest BCUT2D eigenvalue weighted by atomic mass is 16.6. The van der Waals surface area contributed by atoms with Crippen molar-refractivity contribution >= 4 is 17.7 Å². The van der Waals surface area contributed by atoms with E-state index in [1.165, 1.54) is 6.92 Å². The van der Waals surface area contributed by atoms with Crippen molar-refractivity contribution < 1.29 is 19.1 Å². The summed E-state index contributed by atoms with van der Waals surface area (Å²) < 4.78 is 5.26. The van der Waals surface area contributed by atoms with Crippen LogP contribution in [-0.4, -0.2) is 46.7 Å².